The van der Waals surface area contributed by atoms with Crippen molar-refractivity contribution in [1.29, 1.82) is 0 Å². The van der Waals surface area contributed by atoms with E-state index in [4.69, 9.17) is 16.3 Å². The number of ether oxygens (including phenoxy) is 1. The molecule has 6 heteroatoms. The Labute approximate surface area is 152 Å². The summed E-state index contributed by atoms with van der Waals surface area (Å²) in [4.78, 5) is 8.45. The lowest BCUT2D eigenvalue weighted by atomic mass is 10.2. The summed E-state index contributed by atoms with van der Waals surface area (Å²) in [5.74, 6) is 0.614. The van der Waals surface area contributed by atoms with Gasteiger partial charge in [0.15, 0.2) is 0 Å². The van der Waals surface area contributed by atoms with Gasteiger partial charge in [-0.25, -0.2) is 14.6 Å². The molecule has 5 nitrogen and oxygen atoms in total. The zero-order valence-electron chi connectivity index (χ0n) is 14.4. The maximum absolute atomic E-state index is 6.31. The highest BCUT2D eigenvalue weighted by atomic mass is 35.5. The third-order valence-corrected chi connectivity index (χ3v) is 4.38. The first kappa shape index (κ1) is 17.4. The number of aryl methyl sites for hydroxylation is 3. The van der Waals surface area contributed by atoms with Crippen LogP contribution in [0.15, 0.2) is 42.9 Å². The van der Waals surface area contributed by atoms with Gasteiger partial charge in [0.1, 0.15) is 6.33 Å². The second-order valence-electron chi connectivity index (χ2n) is 5.82. The smallest absolute Gasteiger partial charge is 0.233 e. The van der Waals surface area contributed by atoms with Gasteiger partial charge < -0.3 is 4.74 Å². The number of hydrogen-bond acceptors (Lipinski definition) is 4. The fourth-order valence-corrected chi connectivity index (χ4v) is 2.84. The second kappa shape index (κ2) is 8.12. The molecule has 0 aliphatic rings. The van der Waals surface area contributed by atoms with Gasteiger partial charge in [-0.05, 0) is 38.3 Å². The summed E-state index contributed by atoms with van der Waals surface area (Å²) < 4.78 is 7.54. The van der Waals surface area contributed by atoms with Crippen LogP contribution in [0, 0.1) is 6.92 Å². The van der Waals surface area contributed by atoms with Crippen molar-refractivity contribution in [3.05, 3.63) is 64.8 Å². The van der Waals surface area contributed by atoms with Crippen molar-refractivity contribution in [2.24, 2.45) is 0 Å². The van der Waals surface area contributed by atoms with E-state index < -0.39 is 0 Å². The van der Waals surface area contributed by atoms with Gasteiger partial charge in [0, 0.05) is 12.3 Å². The summed E-state index contributed by atoms with van der Waals surface area (Å²) in [6.07, 6.45) is 5.85. The number of benzene rings is 1. The molecule has 0 fully saturated rings. The van der Waals surface area contributed by atoms with Crippen LogP contribution >= 0.6 is 11.6 Å². The molecule has 130 valence electrons. The maximum Gasteiger partial charge on any atom is 0.233 e. The summed E-state index contributed by atoms with van der Waals surface area (Å²) in [5.41, 5.74) is 4.01. The normalized spacial score (nSPS) is 10.8. The van der Waals surface area contributed by atoms with Gasteiger partial charge in [-0.1, -0.05) is 36.2 Å². The lowest BCUT2D eigenvalue weighted by Gasteiger charge is -2.07. The zero-order chi connectivity index (χ0) is 17.6. The van der Waals surface area contributed by atoms with E-state index in [0.29, 0.717) is 17.5 Å². The number of nitrogens with zero attached hydrogens (tertiary/aromatic N) is 4. The molecule has 2 aromatic heterocycles. The van der Waals surface area contributed by atoms with Gasteiger partial charge in [0.2, 0.25) is 5.88 Å². The highest BCUT2D eigenvalue weighted by Crippen LogP contribution is 2.19. The molecular formula is C19H21ClN4O. The molecule has 0 saturated carbocycles. The van der Waals surface area contributed by atoms with E-state index in [2.05, 4.69) is 34.1 Å². The Morgan fingerprint density at radius 2 is 1.84 bits per heavy atom. The molecule has 0 unspecified atom stereocenters. The van der Waals surface area contributed by atoms with Gasteiger partial charge in [-0.15, -0.1) is 5.10 Å². The van der Waals surface area contributed by atoms with Crippen LogP contribution in [0.4, 0.5) is 0 Å². The molecular weight excluding hydrogens is 336 g/mol. The van der Waals surface area contributed by atoms with Crippen molar-refractivity contribution in [2.45, 2.75) is 33.1 Å². The third-order valence-electron chi connectivity index (χ3n) is 3.94. The predicted molar refractivity (Wildman–Crippen MR) is 98.5 cm³/mol. The van der Waals surface area contributed by atoms with E-state index in [1.54, 1.807) is 6.33 Å². The number of halogens is 1. The van der Waals surface area contributed by atoms with Gasteiger partial charge in [-0.3, -0.25) is 0 Å². The molecule has 0 atom stereocenters. The Hall–Kier alpha value is -2.40. The Bertz CT molecular complexity index is 830. The van der Waals surface area contributed by atoms with Crippen molar-refractivity contribution in [3.63, 3.8) is 0 Å². The van der Waals surface area contributed by atoms with Crippen molar-refractivity contribution in [3.8, 4) is 11.6 Å². The van der Waals surface area contributed by atoms with Crippen molar-refractivity contribution in [1.82, 2.24) is 19.7 Å². The van der Waals surface area contributed by atoms with Crippen LogP contribution in [-0.4, -0.2) is 26.4 Å². The van der Waals surface area contributed by atoms with Gasteiger partial charge in [0.05, 0.1) is 28.7 Å². The van der Waals surface area contributed by atoms with E-state index in [9.17, 15) is 0 Å². The summed E-state index contributed by atoms with van der Waals surface area (Å²) in [6, 6.07) is 10.1. The number of aromatic nitrogens is 4. The molecule has 25 heavy (non-hydrogen) atoms. The SMILES string of the molecule is CCc1ncnc(CCCOc2ccn(-c3ccc(C)cc3)n2)c1Cl. The average Bonchev–Trinajstić information content (AvgIpc) is 3.09. The van der Waals surface area contributed by atoms with Crippen LogP contribution in [0.5, 0.6) is 5.88 Å². The van der Waals surface area contributed by atoms with Crippen LogP contribution in [-0.2, 0) is 12.8 Å². The van der Waals surface area contributed by atoms with E-state index in [0.717, 1.165) is 36.3 Å². The molecule has 0 aliphatic heterocycles. The van der Waals surface area contributed by atoms with E-state index >= 15 is 0 Å². The quantitative estimate of drug-likeness (QED) is 0.595. The van der Waals surface area contributed by atoms with Crippen LogP contribution in [0.3, 0.4) is 0 Å². The monoisotopic (exact) mass is 356 g/mol. The van der Waals surface area contributed by atoms with Gasteiger partial charge in [0.25, 0.3) is 0 Å². The van der Waals surface area contributed by atoms with Crippen LogP contribution in [0.2, 0.25) is 5.02 Å². The molecule has 0 bridgehead atoms. The zero-order valence-corrected chi connectivity index (χ0v) is 15.2. The first-order valence-electron chi connectivity index (χ1n) is 8.41. The molecule has 0 saturated heterocycles. The first-order chi connectivity index (χ1) is 12.2. The molecule has 0 aliphatic carbocycles. The molecule has 0 amide bonds. The molecule has 1 aromatic carbocycles. The molecule has 3 aromatic rings. The van der Waals surface area contributed by atoms with Crippen molar-refractivity contribution < 1.29 is 4.74 Å². The van der Waals surface area contributed by atoms with Crippen LogP contribution in [0.1, 0.15) is 30.3 Å². The summed E-state index contributed by atoms with van der Waals surface area (Å²) in [7, 11) is 0. The Kier molecular flexibility index (Phi) is 5.66. The largest absolute Gasteiger partial charge is 0.477 e. The van der Waals surface area contributed by atoms with Crippen molar-refractivity contribution in [2.75, 3.05) is 6.61 Å². The fourth-order valence-electron chi connectivity index (χ4n) is 2.51. The van der Waals surface area contributed by atoms with E-state index in [-0.39, 0.29) is 0 Å². The number of hydrogen-bond donors (Lipinski definition) is 0. The standard InChI is InChI=1S/C19H21ClN4O/c1-3-16-19(20)17(22-13-21-16)5-4-12-25-18-10-11-24(23-18)15-8-6-14(2)7-9-15/h6-11,13H,3-5,12H2,1-2H3. The minimum atomic E-state index is 0.562. The minimum Gasteiger partial charge on any atom is -0.477 e. The lowest BCUT2D eigenvalue weighted by Crippen LogP contribution is -2.04. The molecule has 3 rings (SSSR count). The molecule has 0 spiro atoms. The van der Waals surface area contributed by atoms with Crippen molar-refractivity contribution >= 4 is 11.6 Å². The first-order valence-corrected chi connectivity index (χ1v) is 8.79. The number of rotatable bonds is 7. The Balaban J connectivity index is 1.52. The molecule has 0 N–H and O–H groups in total. The Morgan fingerprint density at radius 3 is 2.60 bits per heavy atom. The highest BCUT2D eigenvalue weighted by molar-refractivity contribution is 6.31. The van der Waals surface area contributed by atoms with Crippen LogP contribution in [0.25, 0.3) is 5.69 Å². The molecule has 0 radical (unpaired) electrons. The third kappa shape index (κ3) is 4.37. The summed E-state index contributed by atoms with van der Waals surface area (Å²) in [6.45, 7) is 4.66. The average molecular weight is 357 g/mol. The van der Waals surface area contributed by atoms with Gasteiger partial charge in [-0.2, -0.15) is 0 Å². The van der Waals surface area contributed by atoms with Gasteiger partial charge >= 0.3 is 0 Å². The highest BCUT2D eigenvalue weighted by Gasteiger charge is 2.08. The Morgan fingerprint density at radius 1 is 1.08 bits per heavy atom. The minimum absolute atomic E-state index is 0.562. The van der Waals surface area contributed by atoms with E-state index in [1.165, 1.54) is 5.56 Å². The fraction of sp³-hybridized carbons (Fsp3) is 0.316. The topological polar surface area (TPSA) is 52.8 Å². The van der Waals surface area contributed by atoms with E-state index in [1.807, 2.05) is 36.0 Å². The molecule has 2 heterocycles. The predicted octanol–water partition coefficient (Wildman–Crippen LogP) is 4.20. The maximum atomic E-state index is 6.31. The lowest BCUT2D eigenvalue weighted by molar-refractivity contribution is 0.297. The second-order valence-corrected chi connectivity index (χ2v) is 6.20. The summed E-state index contributed by atoms with van der Waals surface area (Å²) >= 11 is 6.31. The van der Waals surface area contributed by atoms with Crippen LogP contribution < -0.4 is 4.74 Å². The summed E-state index contributed by atoms with van der Waals surface area (Å²) in [5, 5.41) is 5.12.